The number of halogens is 2. The van der Waals surface area contributed by atoms with E-state index in [-0.39, 0.29) is 4.90 Å². The molecule has 19 heavy (non-hydrogen) atoms. The summed E-state index contributed by atoms with van der Waals surface area (Å²) >= 11 is 1.32. The van der Waals surface area contributed by atoms with Gasteiger partial charge in [-0.3, -0.25) is 0 Å². The van der Waals surface area contributed by atoms with E-state index < -0.39 is 23.0 Å². The van der Waals surface area contributed by atoms with Crippen LogP contribution in [0.1, 0.15) is 17.4 Å². The second kappa shape index (κ2) is 6.74. The van der Waals surface area contributed by atoms with E-state index in [1.807, 2.05) is 6.92 Å². The molecule has 0 unspecified atom stereocenters. The Morgan fingerprint density at radius 1 is 1.47 bits per heavy atom. The lowest BCUT2D eigenvalue weighted by Crippen LogP contribution is -2.32. The maximum atomic E-state index is 12.3. The molecule has 110 valence electrons. The molecule has 1 rings (SSSR count). The first kappa shape index (κ1) is 16.5. The summed E-state index contributed by atoms with van der Waals surface area (Å²) < 4.78 is 50.0. The molecular weight excluding hydrogens is 294 g/mol. The molecule has 0 aliphatic carbocycles. The summed E-state index contributed by atoms with van der Waals surface area (Å²) in [6.07, 6.45) is -2.68. The van der Waals surface area contributed by atoms with Crippen molar-refractivity contribution in [3.8, 4) is 0 Å². The van der Waals surface area contributed by atoms with Gasteiger partial charge in [-0.2, -0.15) is 4.31 Å². The Labute approximate surface area is 116 Å². The third-order valence-electron chi connectivity index (χ3n) is 2.59. The number of alkyl halides is 2. The van der Waals surface area contributed by atoms with Crippen molar-refractivity contribution >= 4 is 21.4 Å². The van der Waals surface area contributed by atoms with Gasteiger partial charge in [0.25, 0.3) is 6.43 Å². The molecule has 0 aliphatic rings. The lowest BCUT2D eigenvalue weighted by Gasteiger charge is -2.18. The molecule has 0 fully saturated rings. The average molecular weight is 312 g/mol. The number of rotatable bonds is 7. The van der Waals surface area contributed by atoms with E-state index in [2.05, 4.69) is 5.32 Å². The van der Waals surface area contributed by atoms with Gasteiger partial charge >= 0.3 is 0 Å². The van der Waals surface area contributed by atoms with E-state index in [1.54, 1.807) is 12.3 Å². The van der Waals surface area contributed by atoms with Gasteiger partial charge in [-0.15, -0.1) is 11.3 Å². The highest BCUT2D eigenvalue weighted by atomic mass is 32.2. The number of hydrogen-bond donors (Lipinski definition) is 1. The highest BCUT2D eigenvalue weighted by Crippen LogP contribution is 2.29. The molecule has 4 nitrogen and oxygen atoms in total. The summed E-state index contributed by atoms with van der Waals surface area (Å²) in [6, 6.07) is 0. The number of nitrogens with one attached hydrogen (secondary N) is 1. The average Bonchev–Trinajstić information content (AvgIpc) is 2.67. The van der Waals surface area contributed by atoms with Crippen molar-refractivity contribution in [3.05, 3.63) is 15.8 Å². The molecule has 0 radical (unpaired) electrons. The predicted octanol–water partition coefficient (Wildman–Crippen LogP) is 2.05. The van der Waals surface area contributed by atoms with E-state index in [0.29, 0.717) is 27.8 Å². The smallest absolute Gasteiger partial charge is 0.252 e. The molecule has 0 saturated heterocycles. The second-order valence-corrected chi connectivity index (χ2v) is 7.07. The van der Waals surface area contributed by atoms with Crippen molar-refractivity contribution < 1.29 is 17.2 Å². The quantitative estimate of drug-likeness (QED) is 0.838. The van der Waals surface area contributed by atoms with Gasteiger partial charge in [0.05, 0.1) is 6.54 Å². The zero-order valence-corrected chi connectivity index (χ0v) is 12.7. The standard InChI is InChI=1S/C11H18F2N2O2S2/c1-4-14-5-9-11(8(2)7-18-9)19(16,17)15(3)6-10(12)13/h7,10,14H,4-6H2,1-3H3. The minimum Gasteiger partial charge on any atom is -0.312 e. The highest BCUT2D eigenvalue weighted by Gasteiger charge is 2.28. The van der Waals surface area contributed by atoms with Crippen LogP contribution in [0.3, 0.4) is 0 Å². The maximum absolute atomic E-state index is 12.3. The van der Waals surface area contributed by atoms with Gasteiger partial charge in [0.1, 0.15) is 4.90 Å². The number of sulfonamides is 1. The molecule has 0 amide bonds. The molecule has 0 bridgehead atoms. The fourth-order valence-corrected chi connectivity index (χ4v) is 4.51. The fraction of sp³-hybridized carbons (Fsp3) is 0.636. The third-order valence-corrected chi connectivity index (χ3v) is 5.88. The van der Waals surface area contributed by atoms with E-state index in [0.717, 1.165) is 0 Å². The zero-order valence-electron chi connectivity index (χ0n) is 11.1. The molecule has 0 spiro atoms. The van der Waals surface area contributed by atoms with Crippen LogP contribution in [0.25, 0.3) is 0 Å². The van der Waals surface area contributed by atoms with Crippen LogP contribution >= 0.6 is 11.3 Å². The van der Waals surface area contributed by atoms with Crippen LogP contribution in [-0.4, -0.2) is 39.3 Å². The largest absolute Gasteiger partial charge is 0.312 e. The van der Waals surface area contributed by atoms with E-state index in [1.165, 1.54) is 18.4 Å². The first-order valence-electron chi connectivity index (χ1n) is 5.82. The molecule has 1 heterocycles. The molecule has 0 aliphatic heterocycles. The Bertz CT molecular complexity index is 515. The third kappa shape index (κ3) is 3.95. The van der Waals surface area contributed by atoms with Gasteiger partial charge in [0, 0.05) is 18.5 Å². The number of thiophene rings is 1. The summed E-state index contributed by atoms with van der Waals surface area (Å²) in [4.78, 5) is 0.807. The highest BCUT2D eigenvalue weighted by molar-refractivity contribution is 7.89. The second-order valence-electron chi connectivity index (χ2n) is 4.13. The van der Waals surface area contributed by atoms with Crippen LogP contribution in [0.2, 0.25) is 0 Å². The van der Waals surface area contributed by atoms with Crippen LogP contribution in [0.4, 0.5) is 8.78 Å². The molecule has 0 saturated carbocycles. The zero-order chi connectivity index (χ0) is 14.6. The molecule has 0 atom stereocenters. The van der Waals surface area contributed by atoms with Gasteiger partial charge < -0.3 is 5.32 Å². The van der Waals surface area contributed by atoms with Crippen molar-refractivity contribution in [2.24, 2.45) is 0 Å². The summed E-state index contributed by atoms with van der Waals surface area (Å²) in [6.45, 7) is 3.93. The van der Waals surface area contributed by atoms with Crippen molar-refractivity contribution in [1.29, 1.82) is 0 Å². The topological polar surface area (TPSA) is 49.4 Å². The van der Waals surface area contributed by atoms with Crippen molar-refractivity contribution in [2.75, 3.05) is 20.1 Å². The van der Waals surface area contributed by atoms with Crippen LogP contribution < -0.4 is 5.32 Å². The Kier molecular flexibility index (Phi) is 5.84. The van der Waals surface area contributed by atoms with Gasteiger partial charge in [-0.1, -0.05) is 6.92 Å². The fourth-order valence-electron chi connectivity index (χ4n) is 1.64. The van der Waals surface area contributed by atoms with Crippen molar-refractivity contribution in [1.82, 2.24) is 9.62 Å². The van der Waals surface area contributed by atoms with Gasteiger partial charge in [0.15, 0.2) is 0 Å². The molecular formula is C11H18F2N2O2S2. The lowest BCUT2D eigenvalue weighted by molar-refractivity contribution is 0.126. The van der Waals surface area contributed by atoms with Gasteiger partial charge in [-0.05, 0) is 24.4 Å². The Balaban J connectivity index is 3.09. The minimum atomic E-state index is -3.86. The van der Waals surface area contributed by atoms with E-state index >= 15 is 0 Å². The van der Waals surface area contributed by atoms with Gasteiger partial charge in [-0.25, -0.2) is 17.2 Å². The summed E-state index contributed by atoms with van der Waals surface area (Å²) in [5.74, 6) is 0. The molecule has 1 N–H and O–H groups in total. The molecule has 8 heteroatoms. The Morgan fingerprint density at radius 2 is 2.11 bits per heavy atom. The predicted molar refractivity (Wildman–Crippen MR) is 72.3 cm³/mol. The number of nitrogens with zero attached hydrogens (tertiary/aromatic N) is 1. The van der Waals surface area contributed by atoms with Gasteiger partial charge in [0.2, 0.25) is 10.0 Å². The molecule has 0 aromatic carbocycles. The Morgan fingerprint density at radius 3 is 2.63 bits per heavy atom. The van der Waals surface area contributed by atoms with E-state index in [9.17, 15) is 17.2 Å². The van der Waals surface area contributed by atoms with Crippen molar-refractivity contribution in [3.63, 3.8) is 0 Å². The van der Waals surface area contributed by atoms with E-state index in [4.69, 9.17) is 0 Å². The normalized spacial score (nSPS) is 12.6. The number of aryl methyl sites for hydroxylation is 1. The first-order valence-corrected chi connectivity index (χ1v) is 8.14. The SMILES string of the molecule is CCNCc1scc(C)c1S(=O)(=O)N(C)CC(F)F. The van der Waals surface area contributed by atoms with Crippen LogP contribution in [0.15, 0.2) is 10.3 Å². The van der Waals surface area contributed by atoms with Crippen molar-refractivity contribution in [2.45, 2.75) is 31.7 Å². The lowest BCUT2D eigenvalue weighted by atomic mass is 10.3. The summed E-state index contributed by atoms with van der Waals surface area (Å²) in [5, 5.41) is 4.78. The molecule has 1 aromatic rings. The molecule has 1 aromatic heterocycles. The monoisotopic (exact) mass is 312 g/mol. The minimum absolute atomic E-state index is 0.154. The van der Waals surface area contributed by atoms with Crippen LogP contribution in [0, 0.1) is 6.92 Å². The summed E-state index contributed by atoms with van der Waals surface area (Å²) in [5.41, 5.74) is 0.596. The van der Waals surface area contributed by atoms with Crippen LogP contribution in [0.5, 0.6) is 0 Å². The summed E-state index contributed by atoms with van der Waals surface area (Å²) in [7, 11) is -2.68. The Hall–Kier alpha value is -0.570. The number of hydrogen-bond acceptors (Lipinski definition) is 4. The first-order chi connectivity index (χ1) is 8.80. The maximum Gasteiger partial charge on any atom is 0.252 e. The van der Waals surface area contributed by atoms with Crippen LogP contribution in [-0.2, 0) is 16.6 Å².